The Morgan fingerprint density at radius 2 is 1.32 bits per heavy atom. The van der Waals surface area contributed by atoms with Crippen molar-refractivity contribution in [3.05, 3.63) is 12.8 Å². The number of carbonyl (C=O) groups is 2. The van der Waals surface area contributed by atoms with Crippen LogP contribution in [0.1, 0.15) is 13.8 Å². The van der Waals surface area contributed by atoms with Crippen LogP contribution in [-0.2, 0) is 14.2 Å². The first kappa shape index (κ1) is 29.0. The Morgan fingerprint density at radius 3 is 1.41 bits per heavy atom. The van der Waals surface area contributed by atoms with Gasteiger partial charge in [0.05, 0.1) is 19.5 Å². The summed E-state index contributed by atoms with van der Waals surface area (Å²) < 4.78 is 71.8. The summed E-state index contributed by atoms with van der Waals surface area (Å²) in [7, 11) is -10.7. The van der Waals surface area contributed by atoms with Crippen LogP contribution in [0.5, 0.6) is 0 Å². The zero-order valence-corrected chi connectivity index (χ0v) is 12.8. The Morgan fingerprint density at radius 1 is 1.05 bits per heavy atom. The van der Waals surface area contributed by atoms with Crippen molar-refractivity contribution in [1.82, 2.24) is 0 Å². The molecule has 0 saturated heterocycles. The Hall–Kier alpha value is -1.11. The third-order valence-corrected chi connectivity index (χ3v) is 0.709. The predicted molar refractivity (Wildman–Crippen MR) is 61.5 cm³/mol. The number of ether oxygens (including phenoxy) is 3. The van der Waals surface area contributed by atoms with Crippen LogP contribution < -0.4 is 18.9 Å². The van der Waals surface area contributed by atoms with Gasteiger partial charge in [0, 0.05) is 0 Å². The van der Waals surface area contributed by atoms with E-state index in [4.69, 9.17) is 5.11 Å². The van der Waals surface area contributed by atoms with Gasteiger partial charge in [0.2, 0.25) is 0 Å². The van der Waals surface area contributed by atoms with Crippen molar-refractivity contribution in [2.75, 3.05) is 13.2 Å². The molecule has 0 heterocycles. The molecule has 0 aromatic heterocycles. The maximum absolute atomic E-state index is 10.7. The number of hydrogen-bond donors (Lipinski definition) is 1. The minimum Gasteiger partial charge on any atom is 1.00 e. The normalized spacial score (nSPS) is 12.2. The second kappa shape index (κ2) is 10.6. The van der Waals surface area contributed by atoms with Crippen molar-refractivity contribution >= 4 is 20.1 Å². The summed E-state index contributed by atoms with van der Waals surface area (Å²) in [5.41, 5.74) is 0. The molecule has 130 valence electrons. The minimum atomic E-state index is -10.7. The number of hydrogen-bond acceptors (Lipinski definition) is 5. The number of rotatable bonds is 3. The maximum Gasteiger partial charge on any atom is 1.00 e. The minimum absolute atomic E-state index is 0. The van der Waals surface area contributed by atoms with Crippen molar-refractivity contribution < 1.29 is 72.9 Å². The summed E-state index contributed by atoms with van der Waals surface area (Å²) in [6.45, 7) is 7.21. The van der Waals surface area contributed by atoms with Gasteiger partial charge >= 0.3 is 64.2 Å². The average molecular weight is 358 g/mol. The smallest absolute Gasteiger partial charge is 1.00 e. The first-order valence-electron chi connectivity index (χ1n) is 4.89. The molecule has 0 aromatic carbocycles. The van der Waals surface area contributed by atoms with E-state index in [-0.39, 0.29) is 18.9 Å². The summed E-state index contributed by atoms with van der Waals surface area (Å²) in [6, 6.07) is 0. The summed E-state index contributed by atoms with van der Waals surface area (Å²) >= 11 is 0. The maximum atomic E-state index is 10.2. The molecule has 0 aliphatic carbocycles. The molecule has 0 atom stereocenters. The molecule has 6 nitrogen and oxygen atoms in total. The van der Waals surface area contributed by atoms with E-state index in [2.05, 4.69) is 20.8 Å². The van der Waals surface area contributed by atoms with E-state index in [0.717, 1.165) is 6.26 Å². The van der Waals surface area contributed by atoms with Crippen molar-refractivity contribution in [1.29, 1.82) is 0 Å². The van der Waals surface area contributed by atoms with Crippen molar-refractivity contribution in [2.24, 2.45) is 0 Å². The Bertz CT molecular complexity index is 326. The second-order valence-corrected chi connectivity index (χ2v) is 4.54. The van der Waals surface area contributed by atoms with Crippen LogP contribution in [0.25, 0.3) is 0 Å². The van der Waals surface area contributed by atoms with Gasteiger partial charge in [0.25, 0.3) is 0 Å². The molecule has 1 N–H and O–H groups in total. The standard InChI is InChI=1S/C5H10O3.C3H4O3.F6P.Li/c1-3-7-5(6)8-4-2;1-2-6-3(4)5;1-7(2,3,4,5)6;/h3-4H2,1-2H3;2H,1H2,(H,4,5);;/q;;-1;+1. The Balaban J connectivity index is -0.000000109. The SMILES string of the molecule is C=COC(=O)O.CCOC(=O)OCC.F[P-](F)(F)(F)(F)F.[Li+]. The van der Waals surface area contributed by atoms with E-state index in [9.17, 15) is 34.8 Å². The van der Waals surface area contributed by atoms with Gasteiger partial charge in [0.1, 0.15) is 0 Å². The molecule has 14 heteroatoms. The quantitative estimate of drug-likeness (QED) is 0.274. The topological polar surface area (TPSA) is 82.1 Å². The molecule has 0 fully saturated rings. The van der Waals surface area contributed by atoms with E-state index in [1.807, 2.05) is 0 Å². The first-order chi connectivity index (χ1) is 9.03. The van der Waals surface area contributed by atoms with Crippen molar-refractivity contribution in [2.45, 2.75) is 13.8 Å². The fraction of sp³-hybridized carbons (Fsp3) is 0.500. The molecular weight excluding hydrogens is 344 g/mol. The molecule has 0 unspecified atom stereocenters. The molecule has 0 aliphatic rings. The zero-order chi connectivity index (χ0) is 17.8. The summed E-state index contributed by atoms with van der Waals surface area (Å²) in [6.07, 6.45) is -1.07. The van der Waals surface area contributed by atoms with Crippen molar-refractivity contribution in [3.8, 4) is 0 Å². The monoisotopic (exact) mass is 358 g/mol. The van der Waals surface area contributed by atoms with E-state index < -0.39 is 20.1 Å². The second-order valence-electron chi connectivity index (χ2n) is 2.62. The fourth-order valence-electron chi connectivity index (χ4n) is 0.349. The van der Waals surface area contributed by atoms with Crippen LogP contribution in [0.15, 0.2) is 12.8 Å². The molecule has 0 aliphatic heterocycles. The van der Waals surface area contributed by atoms with E-state index in [1.165, 1.54) is 0 Å². The van der Waals surface area contributed by atoms with Gasteiger partial charge in [-0.15, -0.1) is 0 Å². The van der Waals surface area contributed by atoms with Gasteiger partial charge in [-0.3, -0.25) is 0 Å². The van der Waals surface area contributed by atoms with Crippen molar-refractivity contribution in [3.63, 3.8) is 0 Å². The van der Waals surface area contributed by atoms with Crippen LogP contribution in [0, 0.1) is 0 Å². The third-order valence-electron chi connectivity index (χ3n) is 0.709. The molecular formula is C8H14F6LiO6P. The number of carboxylic acid groups (broad SMARTS) is 1. The van der Waals surface area contributed by atoms with Crippen LogP contribution >= 0.6 is 7.81 Å². The van der Waals surface area contributed by atoms with E-state index in [0.29, 0.717) is 13.2 Å². The molecule has 0 aromatic rings. The molecule has 22 heavy (non-hydrogen) atoms. The molecule has 0 bridgehead atoms. The van der Waals surface area contributed by atoms with Gasteiger partial charge in [0.15, 0.2) is 0 Å². The first-order valence-corrected chi connectivity index (χ1v) is 6.92. The van der Waals surface area contributed by atoms with Gasteiger partial charge < -0.3 is 19.3 Å². The van der Waals surface area contributed by atoms with Crippen LogP contribution in [0.3, 0.4) is 0 Å². The van der Waals surface area contributed by atoms with Crippen LogP contribution in [0.2, 0.25) is 0 Å². The van der Waals surface area contributed by atoms with Gasteiger partial charge in [-0.25, -0.2) is 9.59 Å². The molecule has 0 saturated carbocycles. The Labute approximate surface area is 133 Å². The fourth-order valence-corrected chi connectivity index (χ4v) is 0.349. The van der Waals surface area contributed by atoms with Gasteiger partial charge in [-0.2, -0.15) is 0 Å². The molecule has 0 spiro atoms. The number of halogens is 6. The summed E-state index contributed by atoms with van der Waals surface area (Å²) in [5, 5.41) is 7.62. The third kappa shape index (κ3) is 97.1. The van der Waals surface area contributed by atoms with E-state index in [1.54, 1.807) is 13.8 Å². The summed E-state index contributed by atoms with van der Waals surface area (Å²) in [4.78, 5) is 19.5. The predicted octanol–water partition coefficient (Wildman–Crippen LogP) is 2.39. The summed E-state index contributed by atoms with van der Waals surface area (Å²) in [5.74, 6) is 0. The Kier molecular flexibility index (Phi) is 13.9. The zero-order valence-electron chi connectivity index (χ0n) is 11.9. The van der Waals surface area contributed by atoms with Gasteiger partial charge in [-0.1, -0.05) is 6.58 Å². The van der Waals surface area contributed by atoms with Crippen LogP contribution in [-0.4, -0.2) is 30.6 Å². The molecule has 0 rings (SSSR count). The molecule has 0 amide bonds. The van der Waals surface area contributed by atoms with Crippen LogP contribution in [0.4, 0.5) is 34.8 Å². The van der Waals surface area contributed by atoms with Gasteiger partial charge in [-0.05, 0) is 13.8 Å². The molecule has 0 radical (unpaired) electrons. The number of carbonyl (C=O) groups excluding carboxylic acids is 1. The van der Waals surface area contributed by atoms with E-state index >= 15 is 0 Å². The largest absolute Gasteiger partial charge is 1.00 e. The average Bonchev–Trinajstić information content (AvgIpc) is 2.13.